The molecule has 1 amide bonds. The summed E-state index contributed by atoms with van der Waals surface area (Å²) >= 11 is 0. The van der Waals surface area contributed by atoms with Crippen molar-refractivity contribution >= 4 is 17.7 Å². The number of nitrogens with one attached hydrogen (secondary N) is 1. The number of rotatable bonds is 17. The van der Waals surface area contributed by atoms with Gasteiger partial charge in [-0.3, -0.25) is 9.59 Å². The molecule has 0 saturated heterocycles. The van der Waals surface area contributed by atoms with Gasteiger partial charge in [0.1, 0.15) is 17.4 Å². The van der Waals surface area contributed by atoms with Crippen LogP contribution in [0.5, 0.6) is 5.75 Å². The number of ether oxygens (including phenoxy) is 2. The molecule has 0 spiro atoms. The smallest absolute Gasteiger partial charge is 0.328 e. The van der Waals surface area contributed by atoms with Gasteiger partial charge in [-0.1, -0.05) is 114 Å². The summed E-state index contributed by atoms with van der Waals surface area (Å²) in [7, 11) is 0. The van der Waals surface area contributed by atoms with E-state index in [0.29, 0.717) is 17.8 Å². The zero-order chi connectivity index (χ0) is 38.6. The van der Waals surface area contributed by atoms with Gasteiger partial charge in [0.05, 0.1) is 6.61 Å². The Hall–Kier alpha value is -4.85. The van der Waals surface area contributed by atoms with Gasteiger partial charge in [0.25, 0.3) is 0 Å². The van der Waals surface area contributed by atoms with Gasteiger partial charge in [0, 0.05) is 41.4 Å². The largest absolute Gasteiger partial charge is 0.494 e. The van der Waals surface area contributed by atoms with E-state index in [1.54, 1.807) is 27.7 Å². The summed E-state index contributed by atoms with van der Waals surface area (Å²) < 4.78 is 11.4. The molecule has 0 aliphatic heterocycles. The summed E-state index contributed by atoms with van der Waals surface area (Å²) in [5.41, 5.74) is 4.54. The van der Waals surface area contributed by atoms with Crippen LogP contribution < -0.4 is 10.1 Å². The molecule has 4 rings (SSSR count). The molecular formula is C45H57N3O5. The SMILES string of the molecule is CCCCCCCOc1ccc(-c2cnc(-c3ccc(C[C@H](CC(=O)c4ccc(C(C)(C)C)cc4)C(=O)N[C@H](C)C(=O)OC(C)(C)C)cc3)nc2)cc1. The second-order valence-corrected chi connectivity index (χ2v) is 15.9. The molecule has 0 radical (unpaired) electrons. The van der Waals surface area contributed by atoms with E-state index in [2.05, 4.69) is 43.0 Å². The van der Waals surface area contributed by atoms with Crippen molar-refractivity contribution in [2.45, 2.75) is 117 Å². The Bertz CT molecular complexity index is 1770. The number of Topliss-reactive ketones (excluding diaryl/α,β-unsaturated/α-hetero) is 1. The van der Waals surface area contributed by atoms with Gasteiger partial charge in [-0.15, -0.1) is 0 Å². The topological polar surface area (TPSA) is 107 Å². The Morgan fingerprint density at radius 1 is 0.736 bits per heavy atom. The van der Waals surface area contributed by atoms with E-state index in [1.807, 2.05) is 85.2 Å². The Balaban J connectivity index is 1.43. The summed E-state index contributed by atoms with van der Waals surface area (Å²) in [4.78, 5) is 49.0. The number of ketones is 1. The molecule has 0 aliphatic carbocycles. The number of nitrogens with zero attached hydrogens (tertiary/aromatic N) is 2. The lowest BCUT2D eigenvalue weighted by molar-refractivity contribution is -0.158. The van der Waals surface area contributed by atoms with E-state index >= 15 is 0 Å². The summed E-state index contributed by atoms with van der Waals surface area (Å²) in [5, 5.41) is 2.79. The molecule has 0 bridgehead atoms. The van der Waals surface area contributed by atoms with Gasteiger partial charge in [0.15, 0.2) is 11.6 Å². The van der Waals surface area contributed by atoms with Crippen LogP contribution in [0, 0.1) is 5.92 Å². The summed E-state index contributed by atoms with van der Waals surface area (Å²) in [6.07, 6.45) is 9.94. The number of carbonyl (C=O) groups excluding carboxylic acids is 3. The number of esters is 1. The van der Waals surface area contributed by atoms with Crippen LogP contribution in [-0.4, -0.2) is 45.9 Å². The number of hydrogen-bond donors (Lipinski definition) is 1. The molecule has 1 N–H and O–H groups in total. The molecule has 0 saturated carbocycles. The van der Waals surface area contributed by atoms with Crippen LogP contribution in [0.3, 0.4) is 0 Å². The van der Waals surface area contributed by atoms with Crippen LogP contribution in [0.1, 0.15) is 115 Å². The monoisotopic (exact) mass is 719 g/mol. The molecule has 8 heteroatoms. The average molecular weight is 720 g/mol. The maximum absolute atomic E-state index is 13.6. The summed E-state index contributed by atoms with van der Waals surface area (Å²) in [5.74, 6) is -0.318. The molecular weight excluding hydrogens is 663 g/mol. The molecule has 1 aromatic heterocycles. The summed E-state index contributed by atoms with van der Waals surface area (Å²) in [6.45, 7) is 16.2. The molecule has 282 valence electrons. The first-order chi connectivity index (χ1) is 25.1. The number of aromatic nitrogens is 2. The fourth-order valence-electron chi connectivity index (χ4n) is 5.88. The molecule has 53 heavy (non-hydrogen) atoms. The highest BCUT2D eigenvalue weighted by Crippen LogP contribution is 2.26. The maximum atomic E-state index is 13.6. The van der Waals surface area contributed by atoms with Crippen LogP contribution in [0.4, 0.5) is 0 Å². The lowest BCUT2D eigenvalue weighted by Gasteiger charge is -2.24. The van der Waals surface area contributed by atoms with Crippen LogP contribution in [-0.2, 0) is 26.2 Å². The van der Waals surface area contributed by atoms with Crippen molar-refractivity contribution in [3.63, 3.8) is 0 Å². The third kappa shape index (κ3) is 13.0. The van der Waals surface area contributed by atoms with Crippen LogP contribution in [0.2, 0.25) is 0 Å². The highest BCUT2D eigenvalue weighted by molar-refractivity contribution is 5.99. The molecule has 4 aromatic rings. The van der Waals surface area contributed by atoms with E-state index in [0.717, 1.165) is 46.6 Å². The standard InChI is InChI=1S/C45H57N3O5/c1-9-10-11-12-13-26-52-39-24-20-33(21-25-39)37-29-46-41(47-30-37)35-16-14-32(15-17-35)27-36(42(50)48-31(2)43(51)53-45(6,7)8)28-40(49)34-18-22-38(23-19-34)44(3,4)5/h14-25,29-31,36H,9-13,26-28H2,1-8H3,(H,48,50)/t31-,36-/m1/s1. The predicted molar refractivity (Wildman–Crippen MR) is 212 cm³/mol. The molecule has 1 heterocycles. The Morgan fingerprint density at radius 2 is 1.34 bits per heavy atom. The van der Waals surface area contributed by atoms with E-state index in [-0.39, 0.29) is 23.5 Å². The van der Waals surface area contributed by atoms with Gasteiger partial charge < -0.3 is 14.8 Å². The molecule has 8 nitrogen and oxygen atoms in total. The van der Waals surface area contributed by atoms with Crippen molar-refractivity contribution in [1.82, 2.24) is 15.3 Å². The third-order valence-electron chi connectivity index (χ3n) is 9.04. The van der Waals surface area contributed by atoms with E-state index in [9.17, 15) is 14.4 Å². The minimum Gasteiger partial charge on any atom is -0.494 e. The quantitative estimate of drug-likeness (QED) is 0.0658. The predicted octanol–water partition coefficient (Wildman–Crippen LogP) is 9.74. The highest BCUT2D eigenvalue weighted by Gasteiger charge is 2.28. The molecule has 0 fully saturated rings. The van der Waals surface area contributed by atoms with Crippen LogP contribution >= 0.6 is 0 Å². The molecule has 0 aliphatic rings. The van der Waals surface area contributed by atoms with Gasteiger partial charge in [-0.2, -0.15) is 0 Å². The number of benzene rings is 3. The van der Waals surface area contributed by atoms with Gasteiger partial charge in [0.2, 0.25) is 5.91 Å². The number of unbranched alkanes of at least 4 members (excludes halogenated alkanes) is 4. The average Bonchev–Trinajstić information content (AvgIpc) is 3.12. The van der Waals surface area contributed by atoms with Crippen molar-refractivity contribution in [2.75, 3.05) is 6.61 Å². The Labute approximate surface area is 316 Å². The maximum Gasteiger partial charge on any atom is 0.328 e. The minimum absolute atomic E-state index is 0.0137. The molecule has 0 unspecified atom stereocenters. The van der Waals surface area contributed by atoms with Crippen molar-refractivity contribution in [3.8, 4) is 28.3 Å². The van der Waals surface area contributed by atoms with Crippen molar-refractivity contribution in [3.05, 3.63) is 102 Å². The second-order valence-electron chi connectivity index (χ2n) is 15.9. The zero-order valence-corrected chi connectivity index (χ0v) is 32.8. The first-order valence-electron chi connectivity index (χ1n) is 18.9. The van der Waals surface area contributed by atoms with Gasteiger partial charge >= 0.3 is 5.97 Å². The second kappa shape index (κ2) is 18.8. The third-order valence-corrected chi connectivity index (χ3v) is 9.04. The Morgan fingerprint density at radius 3 is 1.92 bits per heavy atom. The fourth-order valence-corrected chi connectivity index (χ4v) is 5.88. The van der Waals surface area contributed by atoms with Crippen molar-refractivity contribution in [2.24, 2.45) is 5.92 Å². The lowest BCUT2D eigenvalue weighted by atomic mass is 9.85. The van der Waals surface area contributed by atoms with Crippen LogP contribution in [0.25, 0.3) is 22.5 Å². The normalized spacial score (nSPS) is 12.8. The lowest BCUT2D eigenvalue weighted by Crippen LogP contribution is -2.45. The number of amides is 1. The minimum atomic E-state index is -0.871. The first kappa shape index (κ1) is 40.9. The van der Waals surface area contributed by atoms with Gasteiger partial charge in [-0.25, -0.2) is 14.8 Å². The number of hydrogen-bond acceptors (Lipinski definition) is 7. The van der Waals surface area contributed by atoms with Gasteiger partial charge in [-0.05, 0) is 74.8 Å². The highest BCUT2D eigenvalue weighted by atomic mass is 16.6. The van der Waals surface area contributed by atoms with E-state index in [4.69, 9.17) is 9.47 Å². The molecule has 3 aromatic carbocycles. The van der Waals surface area contributed by atoms with E-state index < -0.39 is 23.5 Å². The van der Waals surface area contributed by atoms with Crippen LogP contribution in [0.15, 0.2) is 85.2 Å². The Kier molecular flexibility index (Phi) is 14.5. The van der Waals surface area contributed by atoms with E-state index in [1.165, 1.54) is 25.7 Å². The first-order valence-corrected chi connectivity index (χ1v) is 18.9. The molecule has 2 atom stereocenters. The fraction of sp³-hybridized carbons (Fsp3) is 0.444. The van der Waals surface area contributed by atoms with Crippen molar-refractivity contribution < 1.29 is 23.9 Å². The van der Waals surface area contributed by atoms with Crippen molar-refractivity contribution in [1.29, 1.82) is 0 Å². The zero-order valence-electron chi connectivity index (χ0n) is 32.8. The number of carbonyl (C=O) groups is 3. The summed E-state index contributed by atoms with van der Waals surface area (Å²) in [6, 6.07) is 22.4.